The molecule has 8 nitrogen and oxygen atoms in total. The zero-order valence-electron chi connectivity index (χ0n) is 50.1. The van der Waals surface area contributed by atoms with Crippen molar-refractivity contribution in [1.29, 1.82) is 0 Å². The summed E-state index contributed by atoms with van der Waals surface area (Å²) in [5, 5.41) is 14.1. The van der Waals surface area contributed by atoms with Gasteiger partial charge in [-0.05, 0) is 51.4 Å². The number of hydrogen-bond acceptors (Lipinski definition) is 5. The Balaban J connectivity index is 3.91. The molecule has 3 atom stereocenters. The molecule has 0 aromatic heterocycles. The summed E-state index contributed by atoms with van der Waals surface area (Å²) >= 11 is 0. The fourth-order valence-electron chi connectivity index (χ4n) is 9.82. The summed E-state index contributed by atoms with van der Waals surface area (Å²) < 4.78 is 23.8. The van der Waals surface area contributed by atoms with Crippen molar-refractivity contribution in [1.82, 2.24) is 5.32 Å². The van der Waals surface area contributed by atoms with Crippen molar-refractivity contribution in [2.45, 2.75) is 334 Å². The molecule has 0 saturated heterocycles. The molecule has 0 bridgehead atoms. The molecule has 9 heteroatoms. The van der Waals surface area contributed by atoms with E-state index in [0.29, 0.717) is 23.9 Å². The van der Waals surface area contributed by atoms with Crippen LogP contribution in [0.15, 0.2) is 36.5 Å². The van der Waals surface area contributed by atoms with Gasteiger partial charge in [-0.2, -0.15) is 0 Å². The molecule has 0 fully saturated rings. The molecule has 0 aromatic rings. The second-order valence-corrected chi connectivity index (χ2v) is 25.0. The monoisotopic (exact) mass is 1060 g/mol. The lowest BCUT2D eigenvalue weighted by molar-refractivity contribution is -0.870. The van der Waals surface area contributed by atoms with Crippen LogP contribution in [0.2, 0.25) is 0 Å². The molecule has 0 spiro atoms. The second kappa shape index (κ2) is 56.4. The molecule has 0 heterocycles. The molecule has 0 rings (SSSR count). The first-order valence-corrected chi connectivity index (χ1v) is 33.8. The van der Waals surface area contributed by atoms with E-state index in [9.17, 15) is 19.4 Å². The summed E-state index contributed by atoms with van der Waals surface area (Å²) in [4.78, 5) is 23.4. The number of rotatable bonds is 60. The van der Waals surface area contributed by atoms with Crippen LogP contribution in [-0.4, -0.2) is 73.4 Å². The van der Waals surface area contributed by atoms with E-state index in [-0.39, 0.29) is 19.1 Å². The maximum atomic E-state index is 13.0. The lowest BCUT2D eigenvalue weighted by Crippen LogP contribution is -2.46. The predicted molar refractivity (Wildman–Crippen MR) is 323 cm³/mol. The third-order valence-electron chi connectivity index (χ3n) is 14.9. The van der Waals surface area contributed by atoms with E-state index in [1.165, 1.54) is 244 Å². The van der Waals surface area contributed by atoms with Crippen LogP contribution < -0.4 is 5.32 Å². The number of phosphoric ester groups is 1. The topological polar surface area (TPSA) is 105 Å². The Morgan fingerprint density at radius 1 is 0.459 bits per heavy atom. The van der Waals surface area contributed by atoms with Gasteiger partial charge < -0.3 is 19.8 Å². The Hall–Kier alpha value is -1.28. The zero-order valence-corrected chi connectivity index (χ0v) is 51.0. The van der Waals surface area contributed by atoms with Crippen molar-refractivity contribution < 1.29 is 32.9 Å². The first-order chi connectivity index (χ1) is 36.0. The van der Waals surface area contributed by atoms with Gasteiger partial charge in [-0.3, -0.25) is 13.8 Å². The molecule has 0 aromatic carbocycles. The Labute approximate surface area is 461 Å². The molecule has 3 N–H and O–H groups in total. The van der Waals surface area contributed by atoms with Gasteiger partial charge in [0.1, 0.15) is 13.2 Å². The van der Waals surface area contributed by atoms with Crippen molar-refractivity contribution in [3.05, 3.63) is 36.5 Å². The number of nitrogens with one attached hydrogen (secondary N) is 1. The molecule has 0 aliphatic carbocycles. The van der Waals surface area contributed by atoms with Gasteiger partial charge in [0.2, 0.25) is 5.91 Å². The van der Waals surface area contributed by atoms with Gasteiger partial charge in [-0.15, -0.1) is 0 Å². The van der Waals surface area contributed by atoms with Crippen LogP contribution in [0, 0.1) is 0 Å². The molecule has 0 saturated carbocycles. The average molecular weight is 1060 g/mol. The van der Waals surface area contributed by atoms with Gasteiger partial charge in [0.25, 0.3) is 0 Å². The number of likely N-dealkylation sites (N-methyl/N-ethyl adjacent to an activating group) is 1. The van der Waals surface area contributed by atoms with Crippen LogP contribution in [0.5, 0.6) is 0 Å². The summed E-state index contributed by atoms with van der Waals surface area (Å²) in [6, 6.07) is -0.758. The standard InChI is InChI=1S/C65H127N2O6P/c1-6-8-10-12-14-16-18-20-22-23-24-25-26-27-28-29-30-31-32-33-34-35-36-37-38-39-40-41-42-43-45-47-49-51-53-55-57-59-65(69)66-63(62-73-74(70,71)72-61-60-67(3,4)5)64(68)58-56-54-52-50-48-46-44-21-19-17-15-13-11-9-7-2/h18,20,23-24,26-27,63-64,68H,6-17,19,21-22,25,28-62H2,1-5H3,(H-,66,69,70,71)/p+1/b20-18-,24-23-,27-26-. The summed E-state index contributed by atoms with van der Waals surface area (Å²) in [7, 11) is 1.63. The number of unbranched alkanes of at least 4 members (excludes halogenated alkanes) is 41. The Kier molecular flexibility index (Phi) is 55.5. The van der Waals surface area contributed by atoms with Gasteiger partial charge in [-0.1, -0.05) is 301 Å². The Bertz CT molecular complexity index is 1300. The van der Waals surface area contributed by atoms with E-state index in [1.54, 1.807) is 0 Å². The number of aliphatic hydroxyl groups excluding tert-OH is 1. The van der Waals surface area contributed by atoms with Gasteiger partial charge >= 0.3 is 7.82 Å². The first kappa shape index (κ1) is 72.7. The quantitative estimate of drug-likeness (QED) is 0.0243. The molecule has 3 unspecified atom stereocenters. The van der Waals surface area contributed by atoms with Crippen LogP contribution in [-0.2, 0) is 18.4 Å². The number of nitrogens with zero attached hydrogens (tertiary/aromatic N) is 1. The van der Waals surface area contributed by atoms with Crippen LogP contribution in [0.25, 0.3) is 0 Å². The van der Waals surface area contributed by atoms with Gasteiger partial charge in [0, 0.05) is 6.42 Å². The highest BCUT2D eigenvalue weighted by molar-refractivity contribution is 7.47. The summed E-state index contributed by atoms with van der Waals surface area (Å²) in [5.74, 6) is -0.139. The smallest absolute Gasteiger partial charge is 0.391 e. The normalized spacial score (nSPS) is 14.0. The molecular formula is C65H128N2O6P+. The third-order valence-corrected chi connectivity index (χ3v) is 15.9. The van der Waals surface area contributed by atoms with Crippen molar-refractivity contribution in [2.24, 2.45) is 0 Å². The minimum atomic E-state index is -4.32. The van der Waals surface area contributed by atoms with E-state index in [0.717, 1.165) is 51.4 Å². The van der Waals surface area contributed by atoms with E-state index in [2.05, 4.69) is 55.6 Å². The van der Waals surface area contributed by atoms with E-state index in [4.69, 9.17) is 9.05 Å². The average Bonchev–Trinajstić information content (AvgIpc) is 3.36. The Morgan fingerprint density at radius 2 is 0.770 bits per heavy atom. The maximum absolute atomic E-state index is 13.0. The molecule has 74 heavy (non-hydrogen) atoms. The lowest BCUT2D eigenvalue weighted by Gasteiger charge is -2.26. The number of carbonyl (C=O) groups excluding carboxylic acids is 1. The minimum Gasteiger partial charge on any atom is -0.391 e. The van der Waals surface area contributed by atoms with E-state index in [1.807, 2.05) is 21.1 Å². The number of hydrogen-bond donors (Lipinski definition) is 3. The predicted octanol–water partition coefficient (Wildman–Crippen LogP) is 20.1. The van der Waals surface area contributed by atoms with Crippen LogP contribution in [0.1, 0.15) is 322 Å². The largest absolute Gasteiger partial charge is 0.472 e. The van der Waals surface area contributed by atoms with Gasteiger partial charge in [-0.25, -0.2) is 4.57 Å². The number of amides is 1. The molecule has 1 amide bonds. The molecular weight excluding hydrogens is 936 g/mol. The van der Waals surface area contributed by atoms with Crippen molar-refractivity contribution in [3.8, 4) is 0 Å². The summed E-state index contributed by atoms with van der Waals surface area (Å²) in [6.45, 7) is 4.91. The minimum absolute atomic E-state index is 0.0768. The zero-order chi connectivity index (χ0) is 54.2. The summed E-state index contributed by atoms with van der Waals surface area (Å²) in [6.07, 6.45) is 73.8. The maximum Gasteiger partial charge on any atom is 0.472 e. The first-order valence-electron chi connectivity index (χ1n) is 32.4. The molecule has 0 radical (unpaired) electrons. The van der Waals surface area contributed by atoms with Gasteiger partial charge in [0.15, 0.2) is 0 Å². The fourth-order valence-corrected chi connectivity index (χ4v) is 10.6. The van der Waals surface area contributed by atoms with Crippen molar-refractivity contribution in [2.75, 3.05) is 40.9 Å². The van der Waals surface area contributed by atoms with Crippen LogP contribution in [0.4, 0.5) is 0 Å². The Morgan fingerprint density at radius 3 is 1.12 bits per heavy atom. The highest BCUT2D eigenvalue weighted by Crippen LogP contribution is 2.43. The number of carbonyl (C=O) groups is 1. The van der Waals surface area contributed by atoms with E-state index < -0.39 is 20.0 Å². The highest BCUT2D eigenvalue weighted by atomic mass is 31.2. The van der Waals surface area contributed by atoms with Crippen molar-refractivity contribution >= 4 is 13.7 Å². The van der Waals surface area contributed by atoms with Crippen molar-refractivity contribution in [3.63, 3.8) is 0 Å². The van der Waals surface area contributed by atoms with Gasteiger partial charge in [0.05, 0.1) is 39.9 Å². The summed E-state index contributed by atoms with van der Waals surface area (Å²) in [5.41, 5.74) is 0. The number of aliphatic hydroxyl groups is 1. The SMILES string of the molecule is CCCCCCC/C=C\C/C=C\C/C=C\CCCCCCCCCCCCCCCCCCCCCCCCC(=O)NC(COP(=O)(O)OCC[N+](C)(C)C)C(O)CCCCCCCCCCCCCCCCC. The van der Waals surface area contributed by atoms with E-state index >= 15 is 0 Å². The lowest BCUT2D eigenvalue weighted by atomic mass is 10.0. The number of allylic oxidation sites excluding steroid dienone is 6. The third kappa shape index (κ3) is 58.4. The van der Waals surface area contributed by atoms with Crippen LogP contribution >= 0.6 is 7.82 Å². The molecule has 438 valence electrons. The second-order valence-electron chi connectivity index (χ2n) is 23.5. The fraction of sp³-hybridized carbons (Fsp3) is 0.892. The molecule has 0 aliphatic rings. The molecule has 0 aliphatic heterocycles. The number of phosphoric acid groups is 1. The number of quaternary nitrogens is 1. The highest BCUT2D eigenvalue weighted by Gasteiger charge is 2.28. The van der Waals surface area contributed by atoms with Crippen LogP contribution in [0.3, 0.4) is 0 Å².